The molecule has 1 N–H and O–H groups in total. The van der Waals surface area contributed by atoms with Gasteiger partial charge in [0.05, 0.1) is 208 Å². The molecule has 39 heteroatoms. The molecule has 5 aliphatic rings. The summed E-state index contributed by atoms with van der Waals surface area (Å²) in [5, 5.41) is 12.7. The second kappa shape index (κ2) is 58.9. The molecule has 0 radical (unpaired) electrons. The van der Waals surface area contributed by atoms with E-state index in [0.29, 0.717) is 191 Å². The third-order valence-corrected chi connectivity index (χ3v) is 38.2. The van der Waals surface area contributed by atoms with Gasteiger partial charge in [-0.1, -0.05) is 27.7 Å². The van der Waals surface area contributed by atoms with E-state index in [2.05, 4.69) is 76.4 Å². The largest absolute Gasteiger partial charge is 0.861 e. The van der Waals surface area contributed by atoms with Crippen LogP contribution in [-0.4, -0.2) is 318 Å². The molecule has 3 unspecified atom stereocenters. The van der Waals surface area contributed by atoms with Gasteiger partial charge in [-0.2, -0.15) is 26.0 Å². The van der Waals surface area contributed by atoms with Gasteiger partial charge in [-0.25, -0.2) is 0 Å². The molecular formula is C77H155F3N2O28SSi5. The first-order valence-electron chi connectivity index (χ1n) is 41.6. The van der Waals surface area contributed by atoms with E-state index in [9.17, 15) is 41.1 Å². The predicted molar refractivity (Wildman–Crippen MR) is 445 cm³/mol. The number of carbonyl (C=O) groups is 3. The number of hydrogen-bond acceptors (Lipinski definition) is 28. The number of esters is 3. The summed E-state index contributed by atoms with van der Waals surface area (Å²) in [7, 11) is -13.3. The van der Waals surface area contributed by atoms with Crippen LogP contribution in [0.25, 0.3) is 0 Å². The number of carbonyl (C=O) groups excluding carboxylic acids is 3. The zero-order valence-corrected chi connectivity index (χ0v) is 80.6. The molecule has 4 aliphatic carbocycles. The molecule has 1 aliphatic heterocycles. The fraction of sp³-hybridized carbons (Fsp3) is 0.948. The monoisotopic (exact) mass is 1780 g/mol. The molecule has 5 fully saturated rings. The fourth-order valence-corrected chi connectivity index (χ4v) is 37.5. The van der Waals surface area contributed by atoms with E-state index in [-0.39, 0.29) is 55.6 Å². The Morgan fingerprint density at radius 3 is 1.22 bits per heavy atom. The Morgan fingerprint density at radius 1 is 0.500 bits per heavy atom. The molecule has 5 rings (SSSR count). The van der Waals surface area contributed by atoms with Gasteiger partial charge in [0.15, 0.2) is 16.6 Å². The van der Waals surface area contributed by atoms with Gasteiger partial charge in [0.2, 0.25) is 0 Å². The highest BCUT2D eigenvalue weighted by molar-refractivity contribution is 7.91. The molecule has 1 heterocycles. The predicted octanol–water partition coefficient (Wildman–Crippen LogP) is 9.45. The number of nitrogens with zero attached hydrogens (tertiary/aromatic N) is 1. The molecule has 30 nitrogen and oxygen atoms in total. The Kier molecular flexibility index (Phi) is 56.8. The van der Waals surface area contributed by atoms with Gasteiger partial charge in [-0.15, -0.1) is 0 Å². The lowest BCUT2D eigenvalue weighted by Gasteiger charge is -2.62. The van der Waals surface area contributed by atoms with Gasteiger partial charge >= 0.3 is 59.1 Å². The van der Waals surface area contributed by atoms with Crippen LogP contribution in [0.15, 0.2) is 4.40 Å². The number of methoxy groups -OCH3 is 2. The fourth-order valence-electron chi connectivity index (χ4n) is 13.3. The molecule has 0 aromatic heterocycles. The summed E-state index contributed by atoms with van der Waals surface area (Å²) in [6, 6.07) is 0.925. The average molecular weight is 1790 g/mol. The second-order valence-electron chi connectivity index (χ2n) is 33.7. The van der Waals surface area contributed by atoms with Gasteiger partial charge in [-0.3, -0.25) is 14.4 Å². The lowest BCUT2D eigenvalue weighted by atomic mass is 9.47. The number of hydrogen-bond donors (Lipinski definition) is 1. The normalized spacial score (nSPS) is 19.3. The van der Waals surface area contributed by atoms with Crippen LogP contribution in [0.4, 0.5) is 13.2 Å². The highest BCUT2D eigenvalue weighted by atomic mass is 32.2. The maximum absolute atomic E-state index is 12.7. The Labute approximate surface area is 699 Å². The number of nitrogens with one attached hydrogen (secondary N) is 1. The lowest BCUT2D eigenvalue weighted by molar-refractivity contribution is -0.908. The van der Waals surface area contributed by atoms with Crippen molar-refractivity contribution in [2.45, 2.75) is 209 Å². The van der Waals surface area contributed by atoms with Crippen molar-refractivity contribution in [1.29, 1.82) is 0 Å². The van der Waals surface area contributed by atoms with Gasteiger partial charge in [0.25, 0.3) is 0 Å². The third-order valence-electron chi connectivity index (χ3n) is 19.2. The van der Waals surface area contributed by atoms with E-state index in [0.717, 1.165) is 71.2 Å². The first-order valence-corrected chi connectivity index (χ1v) is 58.0. The summed E-state index contributed by atoms with van der Waals surface area (Å²) in [6.45, 7) is 58.6. The maximum Gasteiger partial charge on any atom is 0.518 e. The molecule has 0 spiro atoms. The zero-order valence-electron chi connectivity index (χ0n) is 74.8. The quantitative estimate of drug-likeness (QED) is 0.0148. The molecule has 3 atom stereocenters. The molecule has 1 saturated heterocycles. The number of sulfonamides is 1. The van der Waals surface area contributed by atoms with Gasteiger partial charge in [0, 0.05) is 19.6 Å². The highest BCUT2D eigenvalue weighted by Crippen LogP contribution is 2.63. The first-order chi connectivity index (χ1) is 54.3. The average Bonchev–Trinajstić information content (AvgIpc) is 0.713. The smallest absolute Gasteiger partial charge is 0.518 e. The van der Waals surface area contributed by atoms with E-state index >= 15 is 0 Å². The first kappa shape index (κ1) is 112. The summed E-state index contributed by atoms with van der Waals surface area (Å²) in [5.41, 5.74) is -8.98. The van der Waals surface area contributed by atoms with E-state index in [1.165, 1.54) is 0 Å². The van der Waals surface area contributed by atoms with Crippen LogP contribution in [0.5, 0.6) is 0 Å². The van der Waals surface area contributed by atoms with Crippen molar-refractivity contribution in [2.75, 3.05) is 232 Å². The molecule has 0 aromatic rings. The Morgan fingerprint density at radius 2 is 0.853 bits per heavy atom. The minimum absolute atomic E-state index is 0.00605. The Balaban J connectivity index is 0.000000791. The van der Waals surface area contributed by atoms with Crippen LogP contribution >= 0.6 is 0 Å². The summed E-state index contributed by atoms with van der Waals surface area (Å²) in [5.74, 6) is -2.02. The molecule has 0 amide bonds. The van der Waals surface area contributed by atoms with Crippen LogP contribution in [0.1, 0.15) is 120 Å². The summed E-state index contributed by atoms with van der Waals surface area (Å²) in [4.78, 5) is 37.8. The zero-order chi connectivity index (χ0) is 87.5. The minimum Gasteiger partial charge on any atom is -0.861 e. The molecule has 688 valence electrons. The maximum atomic E-state index is 12.7. The Bertz CT molecular complexity index is 2730. The van der Waals surface area contributed by atoms with Gasteiger partial charge in [0.1, 0.15) is 31.8 Å². The van der Waals surface area contributed by atoms with Crippen LogP contribution in [0.3, 0.4) is 0 Å². The van der Waals surface area contributed by atoms with E-state index < -0.39 is 91.6 Å². The minimum atomic E-state index is -5.89. The number of alkyl halides is 3. The molecule has 4 saturated carbocycles. The van der Waals surface area contributed by atoms with Crippen molar-refractivity contribution in [3.05, 3.63) is 0 Å². The SMILES string of the molecule is CCC(C)(C)C(=O)OC12CC3CC(C1)CC(C([O-])=NS(=O)(=O)C(F)(F)F)(C3)C2.CCC(C)(C)C(=O)OCCC[Si](C)(C)O[Si](C)(C)O[Si](C)(C)O[Si](C)(C)O[Si](C)(C)C.CCC(C)C(=O)OCCOCCOCCOCCOCCOCCOCCOCCOCCOCCOC.COCCOCCOCCOCC[NH+]1CCOCC1. The summed E-state index contributed by atoms with van der Waals surface area (Å²) in [6.07, 6.45) is 5.44. The third kappa shape index (κ3) is 52.5. The lowest BCUT2D eigenvalue weighted by Crippen LogP contribution is -3.14. The topological polar surface area (TPSA) is 328 Å². The van der Waals surface area contributed by atoms with Crippen molar-refractivity contribution >= 4 is 76.1 Å². The number of quaternary nitrogens is 1. The van der Waals surface area contributed by atoms with Crippen molar-refractivity contribution in [1.82, 2.24) is 0 Å². The van der Waals surface area contributed by atoms with Crippen molar-refractivity contribution < 1.29 is 148 Å². The highest BCUT2D eigenvalue weighted by Gasteiger charge is 2.61. The molecule has 0 aromatic carbocycles. The molecule has 116 heavy (non-hydrogen) atoms. The number of ether oxygens (including phenoxy) is 18. The van der Waals surface area contributed by atoms with Crippen LogP contribution < -0.4 is 10.0 Å². The summed E-state index contributed by atoms with van der Waals surface area (Å²) < 4.78 is 186. The van der Waals surface area contributed by atoms with E-state index in [1.807, 2.05) is 41.5 Å². The molecule has 4 bridgehead atoms. The van der Waals surface area contributed by atoms with E-state index in [1.54, 1.807) is 33.0 Å². The van der Waals surface area contributed by atoms with E-state index in [4.69, 9.17) is 102 Å². The van der Waals surface area contributed by atoms with Crippen LogP contribution in [0, 0.1) is 34.0 Å². The number of morpholine rings is 1. The Hall–Kier alpha value is -2.10. The van der Waals surface area contributed by atoms with Crippen molar-refractivity contribution in [3.8, 4) is 0 Å². The van der Waals surface area contributed by atoms with Crippen molar-refractivity contribution in [2.24, 2.45) is 38.4 Å². The number of rotatable bonds is 63. The van der Waals surface area contributed by atoms with Gasteiger partial charge < -0.3 is 112 Å². The molecular weight excluding hydrogens is 1630 g/mol. The standard InChI is InChI=1S/C26H52O12.C20H50O6Si5.C18H26F3NO5S.C13H27NO5/c1-4-25(2)26(27)38-24-23-37-22-21-36-20-19-35-18-17-34-16-15-33-14-13-32-12-11-31-10-9-30-8-7-29-6-5-28-3;1-15-20(2,3)19(21)22-17-16-18-28(7,8)24-30(11,12)26-31(13,14)25-29(9,10)23-27(4,5)6;1-4-15(2,3)14(24)27-17-8-11-5-12(9-17)7-16(6-11,10-17)13(23)22-28(25,26)18(19,20)21;1-15-8-9-18-12-13-19-11-10-17-7-4-14-2-5-16-6-3-14/h25H,4-24H2,1-3H3;15-18H2,1-14H3;11-12H,4-10H2,1-3H3,(H,22,23);2-13H2,1H3. The van der Waals surface area contributed by atoms with Crippen LogP contribution in [0.2, 0.25) is 78.1 Å². The van der Waals surface area contributed by atoms with Crippen molar-refractivity contribution in [3.63, 3.8) is 0 Å². The van der Waals surface area contributed by atoms with Gasteiger partial charge in [-0.05, 0) is 188 Å². The second-order valence-corrected chi connectivity index (χ2v) is 55.3. The van der Waals surface area contributed by atoms with Crippen LogP contribution in [-0.2, 0) is 126 Å². The summed E-state index contributed by atoms with van der Waals surface area (Å²) >= 11 is 0. The number of halogens is 3.